The van der Waals surface area contributed by atoms with Gasteiger partial charge < -0.3 is 14.8 Å². The minimum Gasteiger partial charge on any atom is -0.497 e. The van der Waals surface area contributed by atoms with Gasteiger partial charge in [0.2, 0.25) is 0 Å². The molecule has 0 radical (unpaired) electrons. The third kappa shape index (κ3) is 4.81. The molecule has 1 aliphatic carbocycles. The van der Waals surface area contributed by atoms with Crippen LogP contribution in [-0.2, 0) is 12.8 Å². The number of hydrogen-bond donors (Lipinski definition) is 1. The molecule has 166 valence electrons. The fourth-order valence-corrected chi connectivity index (χ4v) is 5.43. The van der Waals surface area contributed by atoms with Crippen molar-refractivity contribution in [2.45, 2.75) is 26.2 Å². The number of thiophene rings is 1. The summed E-state index contributed by atoms with van der Waals surface area (Å²) in [6.45, 7) is 2.25. The van der Waals surface area contributed by atoms with Crippen molar-refractivity contribution in [1.29, 1.82) is 0 Å². The number of carbonyl (C=O) groups is 1. The molecule has 4 rings (SSSR count). The molecular weight excluding hydrogens is 444 g/mol. The Morgan fingerprint density at radius 1 is 1.19 bits per heavy atom. The van der Waals surface area contributed by atoms with E-state index >= 15 is 0 Å². The summed E-state index contributed by atoms with van der Waals surface area (Å²) in [5.41, 5.74) is 3.34. The highest BCUT2D eigenvalue weighted by Crippen LogP contribution is 2.41. The van der Waals surface area contributed by atoms with Gasteiger partial charge in [0.15, 0.2) is 0 Å². The number of ether oxygens (including phenoxy) is 2. The highest BCUT2D eigenvalue weighted by atomic mass is 35.5. The van der Waals surface area contributed by atoms with Crippen molar-refractivity contribution in [1.82, 2.24) is 0 Å². The normalized spacial score (nSPS) is 15.4. The van der Waals surface area contributed by atoms with E-state index in [2.05, 4.69) is 12.2 Å². The number of benzene rings is 2. The molecule has 1 N–H and O–H groups in total. The van der Waals surface area contributed by atoms with Crippen LogP contribution in [0.2, 0.25) is 5.02 Å². The SMILES string of the molecule is COc1ccc(C=Nc2sc3c(c2C(=O)Nc2ccc(OC)c(Cl)c2)CC[C@H](C)C3)cc1. The first-order chi connectivity index (χ1) is 15.5. The topological polar surface area (TPSA) is 59.9 Å². The standard InChI is InChI=1S/C25H25ClN2O3S/c1-15-4-10-19-22(12-15)32-25(27-14-16-5-8-18(30-2)9-6-16)23(19)24(29)28-17-7-11-21(31-3)20(26)13-17/h5-9,11,13-15H,4,10,12H2,1-3H3,(H,28,29)/t15-/m0/s1. The van der Waals surface area contributed by atoms with Crippen LogP contribution in [0.1, 0.15) is 39.7 Å². The summed E-state index contributed by atoms with van der Waals surface area (Å²) in [5, 5.41) is 4.17. The average molecular weight is 469 g/mol. The number of amides is 1. The largest absolute Gasteiger partial charge is 0.497 e. The fraction of sp³-hybridized carbons (Fsp3) is 0.280. The first-order valence-corrected chi connectivity index (χ1v) is 11.7. The van der Waals surface area contributed by atoms with E-state index in [0.29, 0.717) is 27.9 Å². The van der Waals surface area contributed by atoms with Crippen LogP contribution in [0.25, 0.3) is 0 Å². The van der Waals surface area contributed by atoms with Crippen molar-refractivity contribution < 1.29 is 14.3 Å². The number of nitrogens with zero attached hydrogens (tertiary/aromatic N) is 1. The Morgan fingerprint density at radius 2 is 1.97 bits per heavy atom. The number of fused-ring (bicyclic) bond motifs is 1. The summed E-state index contributed by atoms with van der Waals surface area (Å²) >= 11 is 7.84. The maximum absolute atomic E-state index is 13.3. The Balaban J connectivity index is 1.65. The first-order valence-electron chi connectivity index (χ1n) is 10.5. The fourth-order valence-electron chi connectivity index (χ4n) is 3.82. The lowest BCUT2D eigenvalue weighted by Crippen LogP contribution is -2.16. The van der Waals surface area contributed by atoms with E-state index in [4.69, 9.17) is 26.1 Å². The Morgan fingerprint density at radius 3 is 2.66 bits per heavy atom. The number of hydrogen-bond acceptors (Lipinski definition) is 5. The molecule has 7 heteroatoms. The number of nitrogens with one attached hydrogen (secondary N) is 1. The summed E-state index contributed by atoms with van der Waals surface area (Å²) in [6, 6.07) is 12.9. The second kappa shape index (κ2) is 9.76. The lowest BCUT2D eigenvalue weighted by molar-refractivity contribution is 0.102. The third-order valence-electron chi connectivity index (χ3n) is 5.58. The van der Waals surface area contributed by atoms with Crippen LogP contribution < -0.4 is 14.8 Å². The van der Waals surface area contributed by atoms with E-state index in [0.717, 1.165) is 41.1 Å². The summed E-state index contributed by atoms with van der Waals surface area (Å²) in [4.78, 5) is 19.3. The van der Waals surface area contributed by atoms with Gasteiger partial charge in [0.1, 0.15) is 16.5 Å². The molecule has 0 fully saturated rings. The zero-order valence-electron chi connectivity index (χ0n) is 18.3. The van der Waals surface area contributed by atoms with Gasteiger partial charge in [0.25, 0.3) is 5.91 Å². The summed E-state index contributed by atoms with van der Waals surface area (Å²) in [7, 11) is 3.20. The number of aliphatic imine (C=N–C) groups is 1. The molecule has 0 unspecified atom stereocenters. The molecule has 1 aromatic heterocycles. The third-order valence-corrected chi connectivity index (χ3v) is 7.03. The van der Waals surface area contributed by atoms with Crippen LogP contribution >= 0.6 is 22.9 Å². The van der Waals surface area contributed by atoms with E-state index in [9.17, 15) is 4.79 Å². The number of anilines is 1. The van der Waals surface area contributed by atoms with Gasteiger partial charge in [-0.1, -0.05) is 18.5 Å². The Hall–Kier alpha value is -2.83. The molecule has 32 heavy (non-hydrogen) atoms. The molecule has 1 heterocycles. The van der Waals surface area contributed by atoms with Gasteiger partial charge in [0, 0.05) is 16.8 Å². The van der Waals surface area contributed by atoms with Crippen molar-refractivity contribution in [2.24, 2.45) is 10.9 Å². The zero-order valence-corrected chi connectivity index (χ0v) is 19.8. The molecule has 0 spiro atoms. The highest BCUT2D eigenvalue weighted by molar-refractivity contribution is 7.16. The molecule has 2 aromatic carbocycles. The van der Waals surface area contributed by atoms with Crippen molar-refractivity contribution >= 4 is 45.7 Å². The Kier molecular flexibility index (Phi) is 6.82. The predicted octanol–water partition coefficient (Wildman–Crippen LogP) is 6.55. The second-order valence-corrected chi connectivity index (χ2v) is 9.36. The summed E-state index contributed by atoms with van der Waals surface area (Å²) in [5.74, 6) is 1.80. The van der Waals surface area contributed by atoms with Crippen LogP contribution in [0.15, 0.2) is 47.5 Å². The van der Waals surface area contributed by atoms with Crippen molar-refractivity contribution in [2.75, 3.05) is 19.5 Å². The number of carbonyl (C=O) groups excluding carboxylic acids is 1. The number of halogens is 1. The molecular formula is C25H25ClN2O3S. The monoisotopic (exact) mass is 468 g/mol. The minimum absolute atomic E-state index is 0.167. The van der Waals surface area contributed by atoms with E-state index in [1.165, 1.54) is 4.88 Å². The predicted molar refractivity (Wildman–Crippen MR) is 132 cm³/mol. The van der Waals surface area contributed by atoms with Crippen LogP contribution in [0.3, 0.4) is 0 Å². The van der Waals surface area contributed by atoms with Gasteiger partial charge in [-0.05, 0) is 78.8 Å². The van der Waals surface area contributed by atoms with Crippen molar-refractivity contribution in [3.63, 3.8) is 0 Å². The van der Waals surface area contributed by atoms with E-state index in [1.54, 1.807) is 50.0 Å². The Labute approximate surface area is 197 Å². The lowest BCUT2D eigenvalue weighted by atomic mass is 9.88. The number of methoxy groups -OCH3 is 2. The molecule has 3 aromatic rings. The highest BCUT2D eigenvalue weighted by Gasteiger charge is 2.27. The molecule has 0 bridgehead atoms. The second-order valence-electron chi connectivity index (χ2n) is 7.87. The zero-order chi connectivity index (χ0) is 22.7. The maximum atomic E-state index is 13.3. The van der Waals surface area contributed by atoms with E-state index < -0.39 is 0 Å². The summed E-state index contributed by atoms with van der Waals surface area (Å²) in [6.07, 6.45) is 4.73. The molecule has 5 nitrogen and oxygen atoms in total. The van der Waals surface area contributed by atoms with Gasteiger partial charge >= 0.3 is 0 Å². The van der Waals surface area contributed by atoms with Crippen LogP contribution in [0.5, 0.6) is 11.5 Å². The maximum Gasteiger partial charge on any atom is 0.259 e. The van der Waals surface area contributed by atoms with Crippen LogP contribution in [0, 0.1) is 5.92 Å². The van der Waals surface area contributed by atoms with E-state index in [1.807, 2.05) is 24.3 Å². The first kappa shape index (κ1) is 22.4. The lowest BCUT2D eigenvalue weighted by Gasteiger charge is -2.18. The minimum atomic E-state index is -0.167. The quantitative estimate of drug-likeness (QED) is 0.417. The number of rotatable bonds is 6. The van der Waals surface area contributed by atoms with Crippen LogP contribution in [0.4, 0.5) is 10.7 Å². The molecule has 0 aliphatic heterocycles. The van der Waals surface area contributed by atoms with E-state index in [-0.39, 0.29) is 5.91 Å². The smallest absolute Gasteiger partial charge is 0.259 e. The van der Waals surface area contributed by atoms with Gasteiger partial charge in [0.05, 0.1) is 24.8 Å². The molecule has 1 atom stereocenters. The van der Waals surface area contributed by atoms with Gasteiger partial charge in [-0.2, -0.15) is 0 Å². The van der Waals surface area contributed by atoms with Gasteiger partial charge in [-0.3, -0.25) is 4.79 Å². The molecule has 1 amide bonds. The Bertz CT molecular complexity index is 1150. The van der Waals surface area contributed by atoms with Crippen molar-refractivity contribution in [3.05, 3.63) is 69.1 Å². The molecule has 1 aliphatic rings. The molecule has 0 saturated heterocycles. The summed E-state index contributed by atoms with van der Waals surface area (Å²) < 4.78 is 10.4. The van der Waals surface area contributed by atoms with Gasteiger partial charge in [-0.15, -0.1) is 11.3 Å². The average Bonchev–Trinajstić information content (AvgIpc) is 3.15. The van der Waals surface area contributed by atoms with Crippen molar-refractivity contribution in [3.8, 4) is 11.5 Å². The molecule has 0 saturated carbocycles. The van der Waals surface area contributed by atoms with Gasteiger partial charge in [-0.25, -0.2) is 4.99 Å². The van der Waals surface area contributed by atoms with Crippen LogP contribution in [-0.4, -0.2) is 26.3 Å².